The zero-order valence-corrected chi connectivity index (χ0v) is 11.6. The molecule has 92 valence electrons. The van der Waals surface area contributed by atoms with Gasteiger partial charge in [-0.1, -0.05) is 27.5 Å². The van der Waals surface area contributed by atoms with Crippen LogP contribution in [0.15, 0.2) is 41.3 Å². The van der Waals surface area contributed by atoms with Gasteiger partial charge in [-0.25, -0.2) is 9.97 Å². The molecule has 1 aromatic carbocycles. The highest BCUT2D eigenvalue weighted by molar-refractivity contribution is 9.10. The second-order valence-electron chi connectivity index (χ2n) is 3.51. The highest BCUT2D eigenvalue weighted by Crippen LogP contribution is 2.20. The molecule has 2 rings (SSSR count). The molecule has 1 aromatic heterocycles. The lowest BCUT2D eigenvalue weighted by Crippen LogP contribution is -2.23. The monoisotopic (exact) mass is 325 g/mol. The number of hydrogen-bond acceptors (Lipinski definition) is 3. The third-order valence-corrected chi connectivity index (χ3v) is 3.07. The fourth-order valence-corrected chi connectivity index (χ4v) is 1.92. The number of carbonyl (C=O) groups is 1. The molecule has 0 unspecified atom stereocenters. The summed E-state index contributed by atoms with van der Waals surface area (Å²) in [6.07, 6.45) is 3.06. The summed E-state index contributed by atoms with van der Waals surface area (Å²) in [5, 5.41) is 3.16. The standard InChI is InChI=1S/C12H9BrClN3O/c13-8-1-2-11(14)10(5-8)12(18)16-6-9-3-4-15-7-17-9/h1-5,7H,6H2,(H,16,18). The van der Waals surface area contributed by atoms with Crippen molar-refractivity contribution in [1.82, 2.24) is 15.3 Å². The first-order valence-corrected chi connectivity index (χ1v) is 6.32. The Morgan fingerprint density at radius 2 is 2.22 bits per heavy atom. The van der Waals surface area contributed by atoms with Crippen LogP contribution in [0.3, 0.4) is 0 Å². The highest BCUT2D eigenvalue weighted by atomic mass is 79.9. The average Bonchev–Trinajstić information content (AvgIpc) is 2.40. The van der Waals surface area contributed by atoms with Gasteiger partial charge in [0, 0.05) is 10.7 Å². The predicted molar refractivity (Wildman–Crippen MR) is 72.4 cm³/mol. The number of rotatable bonds is 3. The molecule has 0 bridgehead atoms. The maximum absolute atomic E-state index is 11.9. The van der Waals surface area contributed by atoms with Crippen LogP contribution in [0.5, 0.6) is 0 Å². The van der Waals surface area contributed by atoms with E-state index >= 15 is 0 Å². The number of nitrogens with zero attached hydrogens (tertiary/aromatic N) is 2. The fourth-order valence-electron chi connectivity index (χ4n) is 1.36. The minimum atomic E-state index is -0.236. The molecule has 1 N–H and O–H groups in total. The topological polar surface area (TPSA) is 54.9 Å². The zero-order chi connectivity index (χ0) is 13.0. The molecule has 0 fully saturated rings. The Morgan fingerprint density at radius 1 is 1.39 bits per heavy atom. The number of benzene rings is 1. The maximum atomic E-state index is 11.9. The van der Waals surface area contributed by atoms with Crippen molar-refractivity contribution in [3.05, 3.63) is 57.5 Å². The van der Waals surface area contributed by atoms with Crippen molar-refractivity contribution in [1.29, 1.82) is 0 Å². The second-order valence-corrected chi connectivity index (χ2v) is 4.83. The van der Waals surface area contributed by atoms with E-state index in [4.69, 9.17) is 11.6 Å². The molecule has 0 saturated carbocycles. The van der Waals surface area contributed by atoms with E-state index in [1.165, 1.54) is 6.33 Å². The maximum Gasteiger partial charge on any atom is 0.253 e. The number of nitrogens with one attached hydrogen (secondary N) is 1. The van der Waals surface area contributed by atoms with Crippen molar-refractivity contribution >= 4 is 33.4 Å². The number of aromatic nitrogens is 2. The lowest BCUT2D eigenvalue weighted by Gasteiger charge is -2.06. The first-order chi connectivity index (χ1) is 8.66. The van der Waals surface area contributed by atoms with Crippen molar-refractivity contribution in [3.8, 4) is 0 Å². The van der Waals surface area contributed by atoms with Gasteiger partial charge in [0.25, 0.3) is 5.91 Å². The number of halogens is 2. The van der Waals surface area contributed by atoms with Gasteiger partial charge in [0.15, 0.2) is 0 Å². The van der Waals surface area contributed by atoms with Gasteiger partial charge in [-0.15, -0.1) is 0 Å². The summed E-state index contributed by atoms with van der Waals surface area (Å²) < 4.78 is 0.805. The van der Waals surface area contributed by atoms with E-state index in [-0.39, 0.29) is 5.91 Å². The van der Waals surface area contributed by atoms with Gasteiger partial charge in [0.2, 0.25) is 0 Å². The summed E-state index contributed by atoms with van der Waals surface area (Å²) in [7, 11) is 0. The molecule has 2 aromatic rings. The highest BCUT2D eigenvalue weighted by Gasteiger charge is 2.10. The Bertz CT molecular complexity index is 563. The Labute approximate surface area is 118 Å². The van der Waals surface area contributed by atoms with E-state index in [1.807, 2.05) is 0 Å². The number of carbonyl (C=O) groups excluding carboxylic acids is 1. The van der Waals surface area contributed by atoms with Gasteiger partial charge in [-0.05, 0) is 24.3 Å². The second kappa shape index (κ2) is 5.93. The van der Waals surface area contributed by atoms with Crippen molar-refractivity contribution in [2.75, 3.05) is 0 Å². The molecular formula is C12H9BrClN3O. The van der Waals surface area contributed by atoms with Crippen molar-refractivity contribution in [2.45, 2.75) is 6.54 Å². The van der Waals surface area contributed by atoms with Crippen LogP contribution in [0.1, 0.15) is 16.1 Å². The number of amides is 1. The molecule has 0 saturated heterocycles. The van der Waals surface area contributed by atoms with E-state index in [1.54, 1.807) is 30.5 Å². The minimum Gasteiger partial charge on any atom is -0.346 e. The molecule has 6 heteroatoms. The normalized spacial score (nSPS) is 10.1. The lowest BCUT2D eigenvalue weighted by atomic mass is 10.2. The van der Waals surface area contributed by atoms with E-state index in [0.717, 1.165) is 10.2 Å². The van der Waals surface area contributed by atoms with Gasteiger partial charge in [0.05, 0.1) is 22.8 Å². The Balaban J connectivity index is 2.06. The molecule has 0 aliphatic heterocycles. The quantitative estimate of drug-likeness (QED) is 0.943. The van der Waals surface area contributed by atoms with E-state index in [2.05, 4.69) is 31.2 Å². The van der Waals surface area contributed by atoms with Crippen LogP contribution in [0.25, 0.3) is 0 Å². The summed E-state index contributed by atoms with van der Waals surface area (Å²) in [5.74, 6) is -0.236. The predicted octanol–water partition coefficient (Wildman–Crippen LogP) is 2.82. The first-order valence-electron chi connectivity index (χ1n) is 5.15. The molecular weight excluding hydrogens is 318 g/mol. The van der Waals surface area contributed by atoms with Crippen LogP contribution < -0.4 is 5.32 Å². The van der Waals surface area contributed by atoms with E-state index in [0.29, 0.717) is 17.1 Å². The SMILES string of the molecule is O=C(NCc1ccncn1)c1cc(Br)ccc1Cl. The first kappa shape index (κ1) is 13.0. The molecule has 0 aliphatic carbocycles. The molecule has 4 nitrogen and oxygen atoms in total. The van der Waals surface area contributed by atoms with Gasteiger partial charge in [-0.2, -0.15) is 0 Å². The zero-order valence-electron chi connectivity index (χ0n) is 9.23. The van der Waals surface area contributed by atoms with Crippen LogP contribution in [0.2, 0.25) is 5.02 Å². The Morgan fingerprint density at radius 3 is 2.94 bits per heavy atom. The van der Waals surface area contributed by atoms with Crippen LogP contribution >= 0.6 is 27.5 Å². The van der Waals surface area contributed by atoms with Crippen LogP contribution in [0, 0.1) is 0 Å². The Hall–Kier alpha value is -1.46. The van der Waals surface area contributed by atoms with Crippen molar-refractivity contribution in [3.63, 3.8) is 0 Å². The van der Waals surface area contributed by atoms with Crippen LogP contribution in [-0.2, 0) is 6.54 Å². The van der Waals surface area contributed by atoms with Crippen LogP contribution in [0.4, 0.5) is 0 Å². The number of hydrogen-bond donors (Lipinski definition) is 1. The third-order valence-electron chi connectivity index (χ3n) is 2.25. The van der Waals surface area contributed by atoms with Gasteiger partial charge >= 0.3 is 0 Å². The molecule has 18 heavy (non-hydrogen) atoms. The molecule has 0 spiro atoms. The lowest BCUT2D eigenvalue weighted by molar-refractivity contribution is 0.0950. The average molecular weight is 327 g/mol. The molecule has 1 heterocycles. The summed E-state index contributed by atoms with van der Waals surface area (Å²) in [6, 6.07) is 6.87. The summed E-state index contributed by atoms with van der Waals surface area (Å²) in [6.45, 7) is 0.337. The fraction of sp³-hybridized carbons (Fsp3) is 0.0833. The molecule has 0 radical (unpaired) electrons. The molecule has 0 atom stereocenters. The van der Waals surface area contributed by atoms with Crippen molar-refractivity contribution < 1.29 is 4.79 Å². The van der Waals surface area contributed by atoms with Gasteiger partial charge < -0.3 is 5.32 Å². The van der Waals surface area contributed by atoms with E-state index in [9.17, 15) is 4.79 Å². The van der Waals surface area contributed by atoms with Gasteiger partial charge in [0.1, 0.15) is 6.33 Å². The van der Waals surface area contributed by atoms with Gasteiger partial charge in [-0.3, -0.25) is 4.79 Å². The van der Waals surface area contributed by atoms with Crippen LogP contribution in [-0.4, -0.2) is 15.9 Å². The Kier molecular flexibility index (Phi) is 4.28. The third kappa shape index (κ3) is 3.27. The summed E-state index contributed by atoms with van der Waals surface area (Å²) in [4.78, 5) is 19.8. The summed E-state index contributed by atoms with van der Waals surface area (Å²) >= 11 is 9.27. The van der Waals surface area contributed by atoms with E-state index < -0.39 is 0 Å². The molecule has 1 amide bonds. The molecule has 0 aliphatic rings. The largest absolute Gasteiger partial charge is 0.346 e. The van der Waals surface area contributed by atoms with Crippen molar-refractivity contribution in [2.24, 2.45) is 0 Å². The minimum absolute atomic E-state index is 0.236. The summed E-state index contributed by atoms with van der Waals surface area (Å²) in [5.41, 5.74) is 1.17. The smallest absolute Gasteiger partial charge is 0.253 e.